The van der Waals surface area contributed by atoms with Crippen molar-refractivity contribution >= 4 is 34.5 Å². The van der Waals surface area contributed by atoms with Crippen molar-refractivity contribution < 1.29 is 23.2 Å². The van der Waals surface area contributed by atoms with E-state index in [1.165, 1.54) is 12.1 Å². The van der Waals surface area contributed by atoms with E-state index in [2.05, 4.69) is 20.8 Å². The Morgan fingerprint density at radius 3 is 2.73 bits per heavy atom. The van der Waals surface area contributed by atoms with Gasteiger partial charge < -0.3 is 19.9 Å². The quantitative estimate of drug-likeness (QED) is 0.328. The molecule has 0 saturated heterocycles. The number of hydrazine groups is 1. The summed E-state index contributed by atoms with van der Waals surface area (Å²) < 4.78 is 41.6. The maximum Gasteiger partial charge on any atom is 0.217 e. The molecule has 3 N–H and O–H groups in total. The fourth-order valence-electron chi connectivity index (χ4n) is 4.34. The molecule has 2 aromatic carbocycles. The summed E-state index contributed by atoms with van der Waals surface area (Å²) in [5.74, 6) is 0.214. The molecule has 3 heterocycles. The molecular formula is C28H32FN7O4S. The molecule has 0 radical (unpaired) electrons. The maximum absolute atomic E-state index is 15.1. The number of nitrogens with zero attached hydrogens (tertiary/aromatic N) is 5. The molecule has 0 saturated carbocycles. The van der Waals surface area contributed by atoms with E-state index < -0.39 is 22.8 Å². The minimum absolute atomic E-state index is 0.149. The molecule has 0 fully saturated rings. The number of rotatable bonds is 10. The van der Waals surface area contributed by atoms with E-state index in [1.54, 1.807) is 52.6 Å². The standard InChI is InChI=1S/C28H32FN7O4S/c1-5-39-18(4)35-14-20(13-31-35)25-26(40-17(2)3)27-33-28(34-36(27)16-30-25)32-24-10-9-22(12-23(24)29)41(38)21-8-6-7-19(11-21)15-37/h6-14,16-18,27,37H,5,15H2,1-4H3,(H2,32,33,34). The van der Waals surface area contributed by atoms with E-state index in [4.69, 9.17) is 14.5 Å². The van der Waals surface area contributed by atoms with Crippen LogP contribution < -0.4 is 10.7 Å². The number of guanidine groups is 1. The van der Waals surface area contributed by atoms with E-state index in [0.29, 0.717) is 33.4 Å². The zero-order chi connectivity index (χ0) is 29.1. The fraction of sp³-hybridized carbons (Fsp3) is 0.321. The molecule has 0 bridgehead atoms. The summed E-state index contributed by atoms with van der Waals surface area (Å²) >= 11 is 0. The summed E-state index contributed by atoms with van der Waals surface area (Å²) in [5, 5.41) is 18.4. The van der Waals surface area contributed by atoms with E-state index in [0.717, 1.165) is 5.56 Å². The van der Waals surface area contributed by atoms with Crippen molar-refractivity contribution in [3.8, 4) is 0 Å². The first kappa shape index (κ1) is 28.5. The third kappa shape index (κ3) is 6.16. The van der Waals surface area contributed by atoms with Crippen LogP contribution in [0.3, 0.4) is 0 Å². The van der Waals surface area contributed by atoms with Gasteiger partial charge in [-0.1, -0.05) is 12.1 Å². The average molecular weight is 582 g/mol. The number of aliphatic hydroxyl groups is 1. The van der Waals surface area contributed by atoms with Gasteiger partial charge in [0.25, 0.3) is 0 Å². The number of ether oxygens (including phenoxy) is 2. The molecule has 216 valence electrons. The Bertz CT molecular complexity index is 1540. The maximum atomic E-state index is 15.1. The highest BCUT2D eigenvalue weighted by Gasteiger charge is 2.36. The van der Waals surface area contributed by atoms with Gasteiger partial charge in [0.2, 0.25) is 12.1 Å². The number of hydrogen-bond donors (Lipinski definition) is 3. The Labute approximate surface area is 239 Å². The van der Waals surface area contributed by atoms with Crippen LogP contribution in [-0.4, -0.2) is 55.3 Å². The van der Waals surface area contributed by atoms with Crippen LogP contribution in [-0.2, 0) is 26.9 Å². The predicted octanol–water partition coefficient (Wildman–Crippen LogP) is 3.99. The first-order chi connectivity index (χ1) is 19.8. The molecule has 0 aliphatic carbocycles. The summed E-state index contributed by atoms with van der Waals surface area (Å²) in [6, 6.07) is 11.1. The number of nitrogens with one attached hydrogen (secondary N) is 2. The lowest BCUT2D eigenvalue weighted by Crippen LogP contribution is -2.44. The first-order valence-electron chi connectivity index (χ1n) is 13.2. The van der Waals surface area contributed by atoms with Gasteiger partial charge in [0, 0.05) is 28.2 Å². The van der Waals surface area contributed by atoms with Crippen molar-refractivity contribution in [2.24, 2.45) is 9.98 Å². The Hall–Kier alpha value is -4.07. The molecule has 3 unspecified atom stereocenters. The zero-order valence-electron chi connectivity index (χ0n) is 23.1. The van der Waals surface area contributed by atoms with E-state index in [9.17, 15) is 9.32 Å². The summed E-state index contributed by atoms with van der Waals surface area (Å²) in [7, 11) is -1.61. The second-order valence-electron chi connectivity index (χ2n) is 9.60. The largest absolute Gasteiger partial charge is 0.489 e. The molecule has 11 nitrogen and oxygen atoms in total. The van der Waals surface area contributed by atoms with Crippen molar-refractivity contribution in [2.45, 2.75) is 62.6 Å². The topological polar surface area (TPSA) is 126 Å². The number of aliphatic hydroxyl groups excluding tert-OH is 1. The summed E-state index contributed by atoms with van der Waals surface area (Å²) in [5.41, 5.74) is 5.20. The lowest BCUT2D eigenvalue weighted by atomic mass is 10.2. The molecular weight excluding hydrogens is 549 g/mol. The number of halogens is 1. The van der Waals surface area contributed by atoms with Crippen LogP contribution in [0, 0.1) is 5.82 Å². The Kier molecular flexibility index (Phi) is 8.47. The zero-order valence-corrected chi connectivity index (χ0v) is 23.9. The molecule has 0 spiro atoms. The third-order valence-corrected chi connectivity index (χ3v) is 7.61. The normalized spacial score (nSPS) is 17.8. The molecule has 2 aliphatic rings. The van der Waals surface area contributed by atoms with Crippen molar-refractivity contribution in [1.29, 1.82) is 0 Å². The van der Waals surface area contributed by atoms with Gasteiger partial charge in [0.1, 0.15) is 24.1 Å². The minimum Gasteiger partial charge on any atom is -0.489 e. The van der Waals surface area contributed by atoms with Crippen molar-refractivity contribution in [3.05, 3.63) is 77.6 Å². The predicted molar refractivity (Wildman–Crippen MR) is 153 cm³/mol. The Morgan fingerprint density at radius 1 is 1.20 bits per heavy atom. The van der Waals surface area contributed by atoms with Crippen LogP contribution in [0.25, 0.3) is 5.70 Å². The summed E-state index contributed by atoms with van der Waals surface area (Å²) in [6.45, 7) is 8.06. The third-order valence-electron chi connectivity index (χ3n) is 6.25. The molecule has 1 aromatic heterocycles. The molecule has 5 rings (SSSR count). The van der Waals surface area contributed by atoms with E-state index >= 15 is 4.39 Å². The van der Waals surface area contributed by atoms with E-state index in [1.807, 2.05) is 33.9 Å². The number of aliphatic imine (C=N–C) groups is 2. The molecule has 13 heteroatoms. The molecule has 41 heavy (non-hydrogen) atoms. The smallest absolute Gasteiger partial charge is 0.217 e. The number of benzene rings is 2. The first-order valence-corrected chi connectivity index (χ1v) is 14.3. The van der Waals surface area contributed by atoms with Gasteiger partial charge >= 0.3 is 0 Å². The van der Waals surface area contributed by atoms with Crippen LogP contribution >= 0.6 is 0 Å². The van der Waals surface area contributed by atoms with Crippen LogP contribution in [0.1, 0.15) is 45.0 Å². The Balaban J connectivity index is 1.37. The van der Waals surface area contributed by atoms with Gasteiger partial charge in [-0.2, -0.15) is 5.10 Å². The van der Waals surface area contributed by atoms with Gasteiger partial charge in [-0.15, -0.1) is 0 Å². The summed E-state index contributed by atoms with van der Waals surface area (Å²) in [6.07, 6.45) is 4.17. The second kappa shape index (κ2) is 12.2. The number of fused-ring (bicyclic) bond motifs is 1. The highest BCUT2D eigenvalue weighted by Crippen LogP contribution is 2.32. The van der Waals surface area contributed by atoms with Gasteiger partial charge in [-0.3, -0.25) is 5.43 Å². The van der Waals surface area contributed by atoms with E-state index in [-0.39, 0.29) is 30.6 Å². The lowest BCUT2D eigenvalue weighted by Gasteiger charge is -2.28. The molecule has 0 amide bonds. The lowest BCUT2D eigenvalue weighted by molar-refractivity contribution is 0.0159. The number of aromatic nitrogens is 2. The number of hydrogen-bond acceptors (Lipinski definition) is 10. The average Bonchev–Trinajstić information content (AvgIpc) is 3.61. The van der Waals surface area contributed by atoms with Crippen LogP contribution in [0.5, 0.6) is 0 Å². The minimum atomic E-state index is -1.61. The van der Waals surface area contributed by atoms with Crippen molar-refractivity contribution in [1.82, 2.24) is 20.2 Å². The van der Waals surface area contributed by atoms with Crippen LogP contribution in [0.2, 0.25) is 0 Å². The van der Waals surface area contributed by atoms with Gasteiger partial charge in [0.15, 0.2) is 5.76 Å². The monoisotopic (exact) mass is 581 g/mol. The Morgan fingerprint density at radius 2 is 2.00 bits per heavy atom. The molecule has 2 aliphatic heterocycles. The molecule has 3 atom stereocenters. The van der Waals surface area contributed by atoms with Crippen molar-refractivity contribution in [2.75, 3.05) is 11.9 Å². The summed E-state index contributed by atoms with van der Waals surface area (Å²) in [4.78, 5) is 10.1. The van der Waals surface area contributed by atoms with Crippen LogP contribution in [0.4, 0.5) is 10.1 Å². The second-order valence-corrected chi connectivity index (χ2v) is 11.1. The molecule has 3 aromatic rings. The van der Waals surface area contributed by atoms with Crippen molar-refractivity contribution in [3.63, 3.8) is 0 Å². The van der Waals surface area contributed by atoms with Gasteiger partial charge in [-0.05, 0) is 63.6 Å². The fourth-order valence-corrected chi connectivity index (χ4v) is 5.47. The SMILES string of the molecule is CCOC(C)n1cc(C2=C(OC(C)C)C3N=C(Nc4ccc(S(=O)c5cccc(CO)c5)cc4F)NN3C=N2)cn1. The highest BCUT2D eigenvalue weighted by atomic mass is 32.2. The van der Waals surface area contributed by atoms with Crippen LogP contribution in [0.15, 0.2) is 80.4 Å². The van der Waals surface area contributed by atoms with Gasteiger partial charge in [-0.25, -0.2) is 28.3 Å². The number of anilines is 1. The van der Waals surface area contributed by atoms with Gasteiger partial charge in [0.05, 0.1) is 35.4 Å². The highest BCUT2D eigenvalue weighted by molar-refractivity contribution is 7.85.